The molecule has 0 saturated heterocycles. The fraction of sp³-hybridized carbons (Fsp3) is 0.455. The van der Waals surface area contributed by atoms with Crippen molar-refractivity contribution in [3.8, 4) is 11.5 Å². The van der Waals surface area contributed by atoms with E-state index >= 15 is 0 Å². The third-order valence-electron chi connectivity index (χ3n) is 1.76. The van der Waals surface area contributed by atoms with Crippen LogP contribution in [0.25, 0.3) is 0 Å². The molecule has 0 fully saturated rings. The van der Waals surface area contributed by atoms with Crippen molar-refractivity contribution in [1.82, 2.24) is 0 Å². The average Bonchev–Trinajstić information content (AvgIpc) is 2.23. The second-order valence-electron chi connectivity index (χ2n) is 2.97. The van der Waals surface area contributed by atoms with E-state index in [4.69, 9.17) is 9.47 Å². The van der Waals surface area contributed by atoms with E-state index in [-0.39, 0.29) is 11.5 Å². The van der Waals surface area contributed by atoms with Crippen LogP contribution in [0.15, 0.2) is 16.6 Å². The Morgan fingerprint density at radius 1 is 1.27 bits per heavy atom. The zero-order valence-electron chi connectivity index (χ0n) is 8.85. The van der Waals surface area contributed by atoms with E-state index in [1.807, 2.05) is 13.8 Å². The molecule has 0 N–H and O–H groups in total. The number of ether oxygens (including phenoxy) is 2. The zero-order valence-corrected chi connectivity index (χ0v) is 10.4. The smallest absolute Gasteiger partial charge is 0.207 e. The molecule has 0 radical (unpaired) electrons. The van der Waals surface area contributed by atoms with Crippen LogP contribution in [-0.4, -0.2) is 13.2 Å². The van der Waals surface area contributed by atoms with Crippen molar-refractivity contribution < 1.29 is 13.9 Å². The minimum absolute atomic E-state index is 0.214. The van der Waals surface area contributed by atoms with Gasteiger partial charge in [-0.3, -0.25) is 0 Å². The highest BCUT2D eigenvalue weighted by Crippen LogP contribution is 2.34. The molecule has 0 aliphatic rings. The first kappa shape index (κ1) is 12.3. The summed E-state index contributed by atoms with van der Waals surface area (Å²) in [5, 5.41) is 0. The van der Waals surface area contributed by atoms with Gasteiger partial charge in [-0.1, -0.05) is 6.92 Å². The number of hydrogen-bond donors (Lipinski definition) is 0. The molecule has 0 unspecified atom stereocenters. The average molecular weight is 277 g/mol. The van der Waals surface area contributed by atoms with Gasteiger partial charge in [0.1, 0.15) is 0 Å². The Bertz CT molecular complexity index is 329. The Hall–Kier alpha value is -0.770. The number of benzene rings is 1. The van der Waals surface area contributed by atoms with E-state index in [9.17, 15) is 4.39 Å². The summed E-state index contributed by atoms with van der Waals surface area (Å²) in [6.45, 7) is 4.71. The Morgan fingerprint density at radius 2 is 2.00 bits per heavy atom. The topological polar surface area (TPSA) is 18.5 Å². The molecule has 1 rings (SSSR count). The zero-order chi connectivity index (χ0) is 11.3. The van der Waals surface area contributed by atoms with Gasteiger partial charge in [-0.05, 0) is 41.4 Å². The van der Waals surface area contributed by atoms with Crippen LogP contribution in [0.3, 0.4) is 0 Å². The maximum Gasteiger partial charge on any atom is 0.207 e. The van der Waals surface area contributed by atoms with Gasteiger partial charge >= 0.3 is 0 Å². The highest BCUT2D eigenvalue weighted by atomic mass is 79.9. The quantitative estimate of drug-likeness (QED) is 0.815. The minimum Gasteiger partial charge on any atom is -0.490 e. The van der Waals surface area contributed by atoms with Crippen LogP contribution < -0.4 is 9.47 Å². The summed E-state index contributed by atoms with van der Waals surface area (Å²) in [4.78, 5) is 0. The van der Waals surface area contributed by atoms with Crippen LogP contribution in [0, 0.1) is 5.82 Å². The first-order chi connectivity index (χ1) is 7.20. The fourth-order valence-electron chi connectivity index (χ4n) is 1.11. The molecule has 0 spiro atoms. The summed E-state index contributed by atoms with van der Waals surface area (Å²) in [6, 6.07) is 3.32. The van der Waals surface area contributed by atoms with Gasteiger partial charge in [0.15, 0.2) is 11.5 Å². The molecule has 0 aromatic heterocycles. The highest BCUT2D eigenvalue weighted by molar-refractivity contribution is 9.10. The van der Waals surface area contributed by atoms with Crippen molar-refractivity contribution in [2.24, 2.45) is 0 Å². The lowest BCUT2D eigenvalue weighted by Gasteiger charge is -2.11. The molecule has 2 nitrogen and oxygen atoms in total. The maximum atomic E-state index is 13.8. The van der Waals surface area contributed by atoms with Gasteiger partial charge in [0.05, 0.1) is 17.7 Å². The van der Waals surface area contributed by atoms with Crippen LogP contribution in [0.5, 0.6) is 11.5 Å². The first-order valence-electron chi connectivity index (χ1n) is 4.94. The van der Waals surface area contributed by atoms with Crippen molar-refractivity contribution >= 4 is 15.9 Å². The van der Waals surface area contributed by atoms with Gasteiger partial charge in [-0.25, -0.2) is 0 Å². The van der Waals surface area contributed by atoms with Gasteiger partial charge in [-0.2, -0.15) is 4.39 Å². The van der Waals surface area contributed by atoms with Gasteiger partial charge < -0.3 is 9.47 Å². The lowest BCUT2D eigenvalue weighted by atomic mass is 10.3. The summed E-state index contributed by atoms with van der Waals surface area (Å²) >= 11 is 3.23. The lowest BCUT2D eigenvalue weighted by molar-refractivity contribution is 0.280. The van der Waals surface area contributed by atoms with Crippen molar-refractivity contribution in [3.63, 3.8) is 0 Å². The summed E-state index contributed by atoms with van der Waals surface area (Å²) in [6.07, 6.45) is 0.847. The second kappa shape index (κ2) is 5.95. The van der Waals surface area contributed by atoms with E-state index in [0.717, 1.165) is 6.42 Å². The molecule has 4 heteroatoms. The first-order valence-corrected chi connectivity index (χ1v) is 5.73. The normalized spacial score (nSPS) is 10.1. The van der Waals surface area contributed by atoms with Gasteiger partial charge in [-0.15, -0.1) is 0 Å². The molecule has 0 aliphatic heterocycles. The third-order valence-corrected chi connectivity index (χ3v) is 2.39. The summed E-state index contributed by atoms with van der Waals surface area (Å²) in [5.74, 6) is 0.00859. The largest absolute Gasteiger partial charge is 0.490 e. The minimum atomic E-state index is -0.445. The molecular weight excluding hydrogens is 263 g/mol. The molecule has 0 heterocycles. The predicted molar refractivity (Wildman–Crippen MR) is 61.1 cm³/mol. The summed E-state index contributed by atoms with van der Waals surface area (Å²) in [7, 11) is 0. The van der Waals surface area contributed by atoms with E-state index in [2.05, 4.69) is 15.9 Å². The Kier molecular flexibility index (Phi) is 4.88. The van der Waals surface area contributed by atoms with Crippen LogP contribution >= 0.6 is 15.9 Å². The standard InChI is InChI=1S/C11H14BrFO2/c1-3-7-15-9-6-5-8(12)11(10(9)13)14-4-2/h5-6H,3-4,7H2,1-2H3. The molecule has 0 amide bonds. The summed E-state index contributed by atoms with van der Waals surface area (Å²) < 4.78 is 24.8. The number of halogens is 2. The highest BCUT2D eigenvalue weighted by Gasteiger charge is 2.13. The SMILES string of the molecule is CCCOc1ccc(Br)c(OCC)c1F. The molecule has 84 valence electrons. The van der Waals surface area contributed by atoms with Crippen molar-refractivity contribution in [2.45, 2.75) is 20.3 Å². The van der Waals surface area contributed by atoms with Gasteiger partial charge in [0.2, 0.25) is 5.82 Å². The molecule has 0 atom stereocenters. The van der Waals surface area contributed by atoms with Crippen LogP contribution in [0.1, 0.15) is 20.3 Å². The van der Waals surface area contributed by atoms with E-state index in [1.54, 1.807) is 12.1 Å². The number of hydrogen-bond acceptors (Lipinski definition) is 2. The lowest BCUT2D eigenvalue weighted by Crippen LogP contribution is -2.01. The summed E-state index contributed by atoms with van der Waals surface area (Å²) in [5.41, 5.74) is 0. The maximum absolute atomic E-state index is 13.8. The van der Waals surface area contributed by atoms with Gasteiger partial charge in [0.25, 0.3) is 0 Å². The molecule has 0 bridgehead atoms. The molecule has 1 aromatic rings. The molecular formula is C11H14BrFO2. The Morgan fingerprint density at radius 3 is 2.60 bits per heavy atom. The monoisotopic (exact) mass is 276 g/mol. The molecule has 1 aromatic carbocycles. The van der Waals surface area contributed by atoms with E-state index < -0.39 is 5.82 Å². The number of rotatable bonds is 5. The van der Waals surface area contributed by atoms with Crippen LogP contribution in [0.4, 0.5) is 4.39 Å². The Labute approximate surface area is 97.5 Å². The molecule has 0 aliphatic carbocycles. The van der Waals surface area contributed by atoms with Crippen LogP contribution in [0.2, 0.25) is 0 Å². The van der Waals surface area contributed by atoms with E-state index in [0.29, 0.717) is 17.7 Å². The molecule has 0 saturated carbocycles. The second-order valence-corrected chi connectivity index (χ2v) is 3.82. The van der Waals surface area contributed by atoms with Crippen molar-refractivity contribution in [3.05, 3.63) is 22.4 Å². The van der Waals surface area contributed by atoms with Crippen molar-refractivity contribution in [1.29, 1.82) is 0 Å². The van der Waals surface area contributed by atoms with Crippen molar-refractivity contribution in [2.75, 3.05) is 13.2 Å². The van der Waals surface area contributed by atoms with E-state index in [1.165, 1.54) is 0 Å². The fourth-order valence-corrected chi connectivity index (χ4v) is 1.54. The Balaban J connectivity index is 2.94. The van der Waals surface area contributed by atoms with Gasteiger partial charge in [0, 0.05) is 0 Å². The third kappa shape index (κ3) is 3.09. The molecule has 15 heavy (non-hydrogen) atoms. The predicted octanol–water partition coefficient (Wildman–Crippen LogP) is 3.78. The van der Waals surface area contributed by atoms with Crippen LogP contribution in [-0.2, 0) is 0 Å².